The van der Waals surface area contributed by atoms with Crippen molar-refractivity contribution in [2.75, 3.05) is 4.90 Å². The van der Waals surface area contributed by atoms with Gasteiger partial charge in [0.15, 0.2) is 0 Å². The fraction of sp³-hybridized carbons (Fsp3) is 0.174. The van der Waals surface area contributed by atoms with Gasteiger partial charge in [-0.2, -0.15) is 0 Å². The first kappa shape index (κ1) is 32.6. The molecule has 3 aromatic rings. The minimum absolute atomic E-state index is 0.171. The van der Waals surface area contributed by atoms with Gasteiger partial charge in [-0.15, -0.1) is 0 Å². The van der Waals surface area contributed by atoms with E-state index >= 15 is 0 Å². The predicted octanol–water partition coefficient (Wildman–Crippen LogP) is 12.2. The van der Waals surface area contributed by atoms with E-state index in [1.165, 1.54) is 16.7 Å². The molecule has 0 saturated heterocycles. The smallest absolute Gasteiger partial charge is 0.0554 e. The number of hydrogen-bond acceptors (Lipinski definition) is 2. The zero-order valence-corrected chi connectivity index (χ0v) is 27.9. The van der Waals surface area contributed by atoms with Crippen LogP contribution in [0.4, 0.5) is 11.4 Å². The molecule has 2 unspecified atom stereocenters. The first-order chi connectivity index (χ1) is 23.7. The van der Waals surface area contributed by atoms with Gasteiger partial charge in [-0.05, 0) is 92.0 Å². The van der Waals surface area contributed by atoms with Crippen molar-refractivity contribution < 1.29 is 0 Å². The molecule has 0 fully saturated rings. The summed E-state index contributed by atoms with van der Waals surface area (Å²) >= 11 is 0. The number of allylic oxidation sites excluding steroid dienone is 11. The van der Waals surface area contributed by atoms with Crippen LogP contribution in [0.3, 0.4) is 0 Å². The van der Waals surface area contributed by atoms with Gasteiger partial charge in [0, 0.05) is 34.4 Å². The van der Waals surface area contributed by atoms with Crippen LogP contribution in [-0.4, -0.2) is 10.9 Å². The average Bonchev–Trinajstić information content (AvgIpc) is 3.14. The highest BCUT2D eigenvalue weighted by Gasteiger charge is 2.25. The van der Waals surface area contributed by atoms with Gasteiger partial charge >= 0.3 is 0 Å². The molecule has 2 atom stereocenters. The summed E-state index contributed by atoms with van der Waals surface area (Å²) in [6.07, 6.45) is 36.8. The van der Waals surface area contributed by atoms with Crippen molar-refractivity contribution in [2.45, 2.75) is 44.6 Å². The standard InChI is InChI=1S/C46H46N2/c1-4-19-45(47(40-26-8-6-9-27-40)34-18-25-37-22-13-12-21-36(37)3)43-30-16-17-31-44(43)46(20-5-2)48(41-28-10-7-11-29-41)42-33-32-38-23-14-15-24-39(38)35-42/h4-12,15-21,24,26,28-35,37,40H,1-3,13-14,22-23,25,27H2/b34-18+,45-19-,46-20-. The maximum atomic E-state index is 4.33. The molecule has 0 spiro atoms. The molecule has 3 aromatic carbocycles. The van der Waals surface area contributed by atoms with E-state index < -0.39 is 0 Å². The van der Waals surface area contributed by atoms with Crippen LogP contribution in [-0.2, 0) is 6.42 Å². The minimum atomic E-state index is 0.171. The third-order valence-corrected chi connectivity index (χ3v) is 9.37. The number of para-hydroxylation sites is 1. The Morgan fingerprint density at radius 3 is 2.27 bits per heavy atom. The fourth-order valence-electron chi connectivity index (χ4n) is 6.92. The molecule has 6 rings (SSSR count). The monoisotopic (exact) mass is 626 g/mol. The molecular formula is C46H46N2. The van der Waals surface area contributed by atoms with E-state index in [2.05, 4.69) is 175 Å². The number of fused-ring (bicyclic) bond motifs is 1. The number of benzene rings is 3. The van der Waals surface area contributed by atoms with Gasteiger partial charge in [-0.1, -0.05) is 141 Å². The molecule has 0 aliphatic heterocycles. The molecule has 0 N–H and O–H groups in total. The third kappa shape index (κ3) is 7.45. The molecule has 0 amide bonds. The quantitative estimate of drug-likeness (QED) is 0.185. The van der Waals surface area contributed by atoms with E-state index in [0.717, 1.165) is 72.4 Å². The van der Waals surface area contributed by atoms with Crippen LogP contribution in [0, 0.1) is 5.92 Å². The number of anilines is 2. The van der Waals surface area contributed by atoms with Crippen molar-refractivity contribution in [1.82, 2.24) is 4.90 Å². The Balaban J connectivity index is 1.46. The van der Waals surface area contributed by atoms with Crippen LogP contribution in [0.15, 0.2) is 177 Å². The molecule has 0 saturated carbocycles. The highest BCUT2D eigenvalue weighted by molar-refractivity contribution is 5.93. The fourth-order valence-corrected chi connectivity index (χ4v) is 6.92. The summed E-state index contributed by atoms with van der Waals surface area (Å²) in [5, 5.41) is 0. The summed E-state index contributed by atoms with van der Waals surface area (Å²) in [5.74, 6) is 0.474. The Hall–Kier alpha value is -5.34. The van der Waals surface area contributed by atoms with Gasteiger partial charge in [0.1, 0.15) is 0 Å². The highest BCUT2D eigenvalue weighted by Crippen LogP contribution is 2.40. The maximum Gasteiger partial charge on any atom is 0.0554 e. The summed E-state index contributed by atoms with van der Waals surface area (Å²) in [6.45, 7) is 12.7. The Labute approximate surface area is 287 Å². The van der Waals surface area contributed by atoms with Crippen molar-refractivity contribution in [2.24, 2.45) is 5.92 Å². The topological polar surface area (TPSA) is 6.48 Å². The maximum absolute atomic E-state index is 4.33. The molecule has 3 aliphatic rings. The Morgan fingerprint density at radius 1 is 0.771 bits per heavy atom. The van der Waals surface area contributed by atoms with Crippen molar-refractivity contribution in [1.29, 1.82) is 0 Å². The lowest BCUT2D eigenvalue weighted by Gasteiger charge is -2.34. The molecule has 2 heteroatoms. The van der Waals surface area contributed by atoms with Crippen LogP contribution in [0.2, 0.25) is 0 Å². The number of rotatable bonds is 12. The van der Waals surface area contributed by atoms with Crippen molar-refractivity contribution in [3.8, 4) is 0 Å². The van der Waals surface area contributed by atoms with E-state index in [1.54, 1.807) is 0 Å². The Bertz CT molecular complexity index is 1840. The lowest BCUT2D eigenvalue weighted by molar-refractivity contribution is 0.442. The van der Waals surface area contributed by atoms with Crippen LogP contribution in [0.25, 0.3) is 17.5 Å². The average molecular weight is 627 g/mol. The van der Waals surface area contributed by atoms with Crippen LogP contribution >= 0.6 is 0 Å². The van der Waals surface area contributed by atoms with E-state index in [4.69, 9.17) is 0 Å². The van der Waals surface area contributed by atoms with Gasteiger partial charge in [-0.25, -0.2) is 0 Å². The van der Waals surface area contributed by atoms with Crippen LogP contribution in [0.1, 0.15) is 54.4 Å². The van der Waals surface area contributed by atoms with Gasteiger partial charge in [0.2, 0.25) is 0 Å². The Kier molecular flexibility index (Phi) is 10.8. The number of nitrogens with zero attached hydrogens (tertiary/aromatic N) is 2. The van der Waals surface area contributed by atoms with Crippen LogP contribution in [0.5, 0.6) is 0 Å². The third-order valence-electron chi connectivity index (χ3n) is 9.37. The van der Waals surface area contributed by atoms with Crippen molar-refractivity contribution >= 4 is 28.8 Å². The van der Waals surface area contributed by atoms with Gasteiger partial charge in [0.25, 0.3) is 0 Å². The van der Waals surface area contributed by atoms with E-state index in [0.29, 0.717) is 5.92 Å². The highest BCUT2D eigenvalue weighted by atomic mass is 15.2. The first-order valence-corrected chi connectivity index (χ1v) is 17.2. The summed E-state index contributed by atoms with van der Waals surface area (Å²) in [5.41, 5.74) is 10.5. The molecule has 0 heterocycles. The summed E-state index contributed by atoms with van der Waals surface area (Å²) < 4.78 is 0. The van der Waals surface area contributed by atoms with Gasteiger partial charge in [0.05, 0.1) is 11.7 Å². The molecule has 48 heavy (non-hydrogen) atoms. The van der Waals surface area contributed by atoms with Crippen LogP contribution < -0.4 is 4.90 Å². The normalized spacial score (nSPS) is 19.0. The molecule has 0 aromatic heterocycles. The molecule has 2 nitrogen and oxygen atoms in total. The zero-order valence-electron chi connectivity index (χ0n) is 27.9. The van der Waals surface area contributed by atoms with E-state index in [9.17, 15) is 0 Å². The minimum Gasteiger partial charge on any atom is -0.341 e. The lowest BCUT2D eigenvalue weighted by atomic mass is 9.88. The second-order valence-electron chi connectivity index (χ2n) is 12.5. The zero-order chi connectivity index (χ0) is 33.1. The summed E-state index contributed by atoms with van der Waals surface area (Å²) in [6, 6.07) is 26.4. The molecule has 0 bridgehead atoms. The lowest BCUT2D eigenvalue weighted by Crippen LogP contribution is -2.29. The molecular weight excluding hydrogens is 581 g/mol. The summed E-state index contributed by atoms with van der Waals surface area (Å²) in [4.78, 5) is 4.78. The van der Waals surface area contributed by atoms with Crippen molar-refractivity contribution in [3.05, 3.63) is 199 Å². The number of aryl methyl sites for hydroxylation is 1. The molecule has 0 radical (unpaired) electrons. The predicted molar refractivity (Wildman–Crippen MR) is 208 cm³/mol. The first-order valence-electron chi connectivity index (χ1n) is 17.2. The summed E-state index contributed by atoms with van der Waals surface area (Å²) in [7, 11) is 0. The van der Waals surface area contributed by atoms with Gasteiger partial charge < -0.3 is 9.80 Å². The molecule has 240 valence electrons. The molecule has 3 aliphatic carbocycles. The van der Waals surface area contributed by atoms with Gasteiger partial charge in [-0.3, -0.25) is 0 Å². The Morgan fingerprint density at radius 2 is 1.52 bits per heavy atom. The largest absolute Gasteiger partial charge is 0.341 e. The number of hydrogen-bond donors (Lipinski definition) is 0. The van der Waals surface area contributed by atoms with E-state index in [1.807, 2.05) is 12.2 Å². The SMILES string of the molecule is C=C/C=C(/c1ccccc1/C(=C/C=C)N(/C=C/CC1CCC=CC1=C)C1C=CC=CC1)N(c1ccccc1)c1ccc2c(c1)C=CCC2. The van der Waals surface area contributed by atoms with Crippen molar-refractivity contribution in [3.63, 3.8) is 0 Å². The second-order valence-corrected chi connectivity index (χ2v) is 12.5. The second kappa shape index (κ2) is 16.0. The van der Waals surface area contributed by atoms with E-state index in [-0.39, 0.29) is 6.04 Å².